The van der Waals surface area contributed by atoms with Crippen molar-refractivity contribution in [2.75, 3.05) is 14.2 Å². The van der Waals surface area contributed by atoms with Gasteiger partial charge in [0.05, 0.1) is 0 Å². The first kappa shape index (κ1) is 14.9. The van der Waals surface area contributed by atoms with Gasteiger partial charge in [-0.25, -0.2) is 0 Å². The molecule has 0 aliphatic heterocycles. The van der Waals surface area contributed by atoms with Crippen molar-refractivity contribution >= 4 is 14.3 Å². The molecule has 0 bridgehead atoms. The molecule has 1 saturated carbocycles. The topological polar surface area (TPSA) is 35.5 Å². The molecule has 1 aliphatic carbocycles. The minimum atomic E-state index is -1.88. The number of Topliss-reactive ketones (excluding diaryl/α,β-unsaturated/α-hetero) is 1. The largest absolute Gasteiger partial charge is 0.398 e. The van der Waals surface area contributed by atoms with Gasteiger partial charge in [0.15, 0.2) is 0 Å². The summed E-state index contributed by atoms with van der Waals surface area (Å²) in [5, 5.41) is 0. The second-order valence-electron chi connectivity index (χ2n) is 5.05. The Morgan fingerprint density at radius 1 is 1.24 bits per heavy atom. The van der Waals surface area contributed by atoms with Crippen LogP contribution in [0.4, 0.5) is 0 Å². The minimum absolute atomic E-state index is 0.451. The Balaban J connectivity index is 2.24. The summed E-state index contributed by atoms with van der Waals surface area (Å²) < 4.78 is 11.2. The molecule has 0 aromatic carbocycles. The Kier molecular flexibility index (Phi) is 6.37. The van der Waals surface area contributed by atoms with Crippen LogP contribution in [0.3, 0.4) is 0 Å². The van der Waals surface area contributed by atoms with Crippen molar-refractivity contribution in [2.24, 2.45) is 5.92 Å². The van der Waals surface area contributed by atoms with Crippen molar-refractivity contribution in [3.8, 4) is 0 Å². The molecule has 0 atom stereocenters. The minimum Gasteiger partial charge on any atom is -0.398 e. The van der Waals surface area contributed by atoms with E-state index in [2.05, 4.69) is 6.92 Å². The van der Waals surface area contributed by atoms with Crippen molar-refractivity contribution in [3.63, 3.8) is 0 Å². The summed E-state index contributed by atoms with van der Waals surface area (Å²) in [7, 11) is 1.67. The second-order valence-corrected chi connectivity index (χ2v) is 8.89. The van der Waals surface area contributed by atoms with E-state index in [1.54, 1.807) is 14.2 Å². The van der Waals surface area contributed by atoms with E-state index in [0.717, 1.165) is 43.7 Å². The van der Waals surface area contributed by atoms with Gasteiger partial charge in [0.25, 0.3) is 0 Å². The predicted molar refractivity (Wildman–Crippen MR) is 71.3 cm³/mol. The molecule has 1 rings (SSSR count). The third-order valence-electron chi connectivity index (χ3n) is 4.12. The number of ketones is 1. The summed E-state index contributed by atoms with van der Waals surface area (Å²) in [6.07, 6.45) is 6.21. The fourth-order valence-corrected chi connectivity index (χ4v) is 4.95. The van der Waals surface area contributed by atoms with Crippen molar-refractivity contribution in [1.29, 1.82) is 0 Å². The number of rotatable bonds is 7. The Hall–Kier alpha value is -0.193. The standard InChI is InChI=1S/C13H26O3Si/c1-4-17(15-2,16-3)11-5-6-12-7-9-13(14)10-8-12/h12H,4-11H2,1-3H3. The lowest BCUT2D eigenvalue weighted by molar-refractivity contribution is -0.121. The van der Waals surface area contributed by atoms with Crippen molar-refractivity contribution in [1.82, 2.24) is 0 Å². The summed E-state index contributed by atoms with van der Waals surface area (Å²) in [4.78, 5) is 11.1. The highest BCUT2D eigenvalue weighted by atomic mass is 28.4. The summed E-state index contributed by atoms with van der Waals surface area (Å²) >= 11 is 0. The molecule has 0 aromatic heterocycles. The van der Waals surface area contributed by atoms with Crippen molar-refractivity contribution in [3.05, 3.63) is 0 Å². The first-order valence-electron chi connectivity index (χ1n) is 6.77. The summed E-state index contributed by atoms with van der Waals surface area (Å²) in [5.74, 6) is 1.21. The molecule has 1 aliphatic rings. The molecule has 0 unspecified atom stereocenters. The Bertz CT molecular complexity index is 221. The van der Waals surface area contributed by atoms with Crippen LogP contribution < -0.4 is 0 Å². The molecular formula is C13H26O3Si. The average Bonchev–Trinajstić information content (AvgIpc) is 2.38. The Morgan fingerprint density at radius 2 is 1.82 bits per heavy atom. The van der Waals surface area contributed by atoms with E-state index in [-0.39, 0.29) is 0 Å². The smallest absolute Gasteiger partial charge is 0.337 e. The fraction of sp³-hybridized carbons (Fsp3) is 0.923. The molecule has 0 N–H and O–H groups in total. The number of hydrogen-bond donors (Lipinski definition) is 0. The van der Waals surface area contributed by atoms with Gasteiger partial charge in [0.1, 0.15) is 5.78 Å². The lowest BCUT2D eigenvalue weighted by Gasteiger charge is -2.27. The predicted octanol–water partition coefficient (Wildman–Crippen LogP) is 3.28. The van der Waals surface area contributed by atoms with Gasteiger partial charge in [-0.05, 0) is 30.8 Å². The third kappa shape index (κ3) is 4.52. The van der Waals surface area contributed by atoms with Crippen LogP contribution >= 0.6 is 0 Å². The van der Waals surface area contributed by atoms with Gasteiger partial charge in [-0.1, -0.05) is 19.8 Å². The highest BCUT2D eigenvalue weighted by Crippen LogP contribution is 2.28. The van der Waals surface area contributed by atoms with Crippen LogP contribution in [0, 0.1) is 5.92 Å². The van der Waals surface area contributed by atoms with Gasteiger partial charge in [-0.15, -0.1) is 0 Å². The molecule has 0 spiro atoms. The summed E-state index contributed by atoms with van der Waals surface area (Å²) in [5.41, 5.74) is 0. The van der Waals surface area contributed by atoms with Gasteiger partial charge in [-0.2, -0.15) is 0 Å². The molecule has 0 aromatic rings. The van der Waals surface area contributed by atoms with Crippen LogP contribution in [0.15, 0.2) is 0 Å². The van der Waals surface area contributed by atoms with E-state index < -0.39 is 8.56 Å². The lowest BCUT2D eigenvalue weighted by Crippen LogP contribution is -2.39. The zero-order chi connectivity index (χ0) is 12.7. The van der Waals surface area contributed by atoms with E-state index in [1.165, 1.54) is 12.8 Å². The van der Waals surface area contributed by atoms with Crippen molar-refractivity contribution < 1.29 is 13.6 Å². The molecule has 17 heavy (non-hydrogen) atoms. The fourth-order valence-electron chi connectivity index (χ4n) is 2.70. The monoisotopic (exact) mass is 258 g/mol. The van der Waals surface area contributed by atoms with Crippen molar-refractivity contribution in [2.45, 2.75) is 57.5 Å². The maximum atomic E-state index is 11.1. The molecule has 1 fully saturated rings. The molecule has 3 nitrogen and oxygen atoms in total. The molecule has 4 heteroatoms. The van der Waals surface area contributed by atoms with E-state index in [9.17, 15) is 4.79 Å². The third-order valence-corrected chi connectivity index (χ3v) is 7.80. The molecule has 0 saturated heterocycles. The van der Waals surface area contributed by atoms with Crippen LogP contribution in [0.1, 0.15) is 45.4 Å². The zero-order valence-electron chi connectivity index (χ0n) is 11.5. The van der Waals surface area contributed by atoms with E-state index in [0.29, 0.717) is 5.78 Å². The number of hydrogen-bond acceptors (Lipinski definition) is 3. The Labute approximate surface area is 106 Å². The SMILES string of the molecule is CC[Si](CCCC1CCC(=O)CC1)(OC)OC. The highest BCUT2D eigenvalue weighted by molar-refractivity contribution is 6.67. The highest BCUT2D eigenvalue weighted by Gasteiger charge is 2.32. The van der Waals surface area contributed by atoms with Gasteiger partial charge in [0, 0.05) is 27.1 Å². The number of carbonyl (C=O) groups excluding carboxylic acids is 1. The lowest BCUT2D eigenvalue weighted by atomic mass is 9.86. The van der Waals surface area contributed by atoms with E-state index >= 15 is 0 Å². The van der Waals surface area contributed by atoms with Crippen LogP contribution in [-0.2, 0) is 13.6 Å². The normalized spacial score (nSPS) is 18.6. The maximum Gasteiger partial charge on any atom is 0.337 e. The van der Waals surface area contributed by atoms with Crippen LogP contribution in [-0.4, -0.2) is 28.6 Å². The quantitative estimate of drug-likeness (QED) is 0.657. The molecular weight excluding hydrogens is 232 g/mol. The average molecular weight is 258 g/mol. The van der Waals surface area contributed by atoms with Gasteiger partial charge >= 0.3 is 8.56 Å². The van der Waals surface area contributed by atoms with E-state index in [4.69, 9.17) is 8.85 Å². The number of carbonyl (C=O) groups is 1. The Morgan fingerprint density at radius 3 is 2.29 bits per heavy atom. The second kappa shape index (κ2) is 7.29. The summed E-state index contributed by atoms with van der Waals surface area (Å²) in [6, 6.07) is 2.10. The van der Waals surface area contributed by atoms with Gasteiger partial charge < -0.3 is 8.85 Å². The van der Waals surface area contributed by atoms with Crippen LogP contribution in [0.2, 0.25) is 12.1 Å². The molecule has 0 radical (unpaired) electrons. The summed E-state index contributed by atoms with van der Waals surface area (Å²) in [6.45, 7) is 2.15. The molecule has 100 valence electrons. The zero-order valence-corrected chi connectivity index (χ0v) is 12.5. The molecule has 0 heterocycles. The van der Waals surface area contributed by atoms with Crippen LogP contribution in [0.25, 0.3) is 0 Å². The van der Waals surface area contributed by atoms with E-state index in [1.807, 2.05) is 0 Å². The first-order chi connectivity index (χ1) is 8.15. The molecule has 0 amide bonds. The first-order valence-corrected chi connectivity index (χ1v) is 9.01. The van der Waals surface area contributed by atoms with Crippen LogP contribution in [0.5, 0.6) is 0 Å². The van der Waals surface area contributed by atoms with Gasteiger partial charge in [0.2, 0.25) is 0 Å². The van der Waals surface area contributed by atoms with Gasteiger partial charge in [-0.3, -0.25) is 4.79 Å². The maximum absolute atomic E-state index is 11.1.